The smallest absolute Gasteiger partial charge is 0.0244 e. The van der Waals surface area contributed by atoms with Gasteiger partial charge in [0.1, 0.15) is 0 Å². The van der Waals surface area contributed by atoms with Gasteiger partial charge in [0.15, 0.2) is 0 Å². The monoisotopic (exact) mass is 170 g/mol. The van der Waals surface area contributed by atoms with E-state index >= 15 is 0 Å². The first kappa shape index (κ1) is 10.0. The molecule has 0 spiro atoms. The van der Waals surface area contributed by atoms with Crippen LogP contribution >= 0.6 is 0 Å². The average Bonchev–Trinajstić information content (AvgIpc) is 2.05. The lowest BCUT2D eigenvalue weighted by molar-refractivity contribution is 0.164. The Hall–Kier alpha value is -0.0800. The van der Waals surface area contributed by atoms with Crippen molar-refractivity contribution in [1.82, 2.24) is 10.2 Å². The van der Waals surface area contributed by atoms with Crippen molar-refractivity contribution < 1.29 is 0 Å². The van der Waals surface area contributed by atoms with Crippen LogP contribution in [0.1, 0.15) is 33.1 Å². The fourth-order valence-corrected chi connectivity index (χ4v) is 2.15. The van der Waals surface area contributed by atoms with Crippen LogP contribution in [0, 0.1) is 0 Å². The molecule has 1 aliphatic rings. The number of rotatable bonds is 3. The lowest BCUT2D eigenvalue weighted by atomic mass is 9.98. The fourth-order valence-electron chi connectivity index (χ4n) is 2.15. The van der Waals surface area contributed by atoms with Gasteiger partial charge < -0.3 is 10.2 Å². The Morgan fingerprint density at radius 1 is 1.50 bits per heavy atom. The van der Waals surface area contributed by atoms with Crippen LogP contribution in [0.25, 0.3) is 0 Å². The Bertz CT molecular complexity index is 125. The van der Waals surface area contributed by atoms with Gasteiger partial charge in [0.05, 0.1) is 0 Å². The van der Waals surface area contributed by atoms with Crippen molar-refractivity contribution in [3.63, 3.8) is 0 Å². The molecule has 1 saturated heterocycles. The minimum absolute atomic E-state index is 0.676. The van der Waals surface area contributed by atoms with E-state index in [4.69, 9.17) is 0 Å². The van der Waals surface area contributed by atoms with Crippen molar-refractivity contribution in [3.05, 3.63) is 0 Å². The zero-order valence-corrected chi connectivity index (χ0v) is 8.64. The van der Waals surface area contributed by atoms with E-state index in [0.717, 1.165) is 6.04 Å². The predicted octanol–water partition coefficient (Wildman–Crippen LogP) is 1.47. The predicted molar refractivity (Wildman–Crippen MR) is 53.4 cm³/mol. The summed E-state index contributed by atoms with van der Waals surface area (Å²) in [7, 11) is 2.25. The van der Waals surface area contributed by atoms with E-state index in [0.29, 0.717) is 6.04 Å². The maximum Gasteiger partial charge on any atom is 0.0244 e. The van der Waals surface area contributed by atoms with Crippen molar-refractivity contribution in [2.75, 3.05) is 20.1 Å². The molecule has 0 bridgehead atoms. The summed E-state index contributed by atoms with van der Waals surface area (Å²) in [5.74, 6) is 0. The Morgan fingerprint density at radius 2 is 2.25 bits per heavy atom. The first-order valence-corrected chi connectivity index (χ1v) is 5.19. The van der Waals surface area contributed by atoms with Crippen molar-refractivity contribution in [2.45, 2.75) is 45.2 Å². The van der Waals surface area contributed by atoms with Crippen LogP contribution in [0.15, 0.2) is 0 Å². The summed E-state index contributed by atoms with van der Waals surface area (Å²) in [6.07, 6.45) is 3.97. The van der Waals surface area contributed by atoms with Crippen LogP contribution in [0.5, 0.6) is 0 Å². The van der Waals surface area contributed by atoms with E-state index in [1.165, 1.54) is 32.4 Å². The summed E-state index contributed by atoms with van der Waals surface area (Å²) in [4.78, 5) is 2.50. The molecule has 1 heterocycles. The van der Waals surface area contributed by atoms with E-state index in [1.54, 1.807) is 0 Å². The highest BCUT2D eigenvalue weighted by molar-refractivity contribution is 4.83. The average molecular weight is 170 g/mol. The third-order valence-corrected chi connectivity index (χ3v) is 2.86. The van der Waals surface area contributed by atoms with Gasteiger partial charge in [-0.15, -0.1) is 0 Å². The Morgan fingerprint density at radius 3 is 2.83 bits per heavy atom. The molecule has 0 radical (unpaired) electrons. The molecule has 2 atom stereocenters. The molecule has 0 aromatic rings. The normalized spacial score (nSPS) is 31.0. The van der Waals surface area contributed by atoms with Crippen LogP contribution in [0.3, 0.4) is 0 Å². The molecule has 1 aliphatic heterocycles. The summed E-state index contributed by atoms with van der Waals surface area (Å²) in [6.45, 7) is 6.99. The van der Waals surface area contributed by atoms with Gasteiger partial charge in [-0.1, -0.05) is 6.92 Å². The zero-order chi connectivity index (χ0) is 8.97. The van der Waals surface area contributed by atoms with Gasteiger partial charge in [-0.2, -0.15) is 0 Å². The highest BCUT2D eigenvalue weighted by Gasteiger charge is 2.23. The molecule has 2 nitrogen and oxygen atoms in total. The third kappa shape index (κ3) is 2.46. The molecule has 1 fully saturated rings. The fraction of sp³-hybridized carbons (Fsp3) is 1.00. The molecule has 12 heavy (non-hydrogen) atoms. The van der Waals surface area contributed by atoms with Crippen molar-refractivity contribution in [2.24, 2.45) is 0 Å². The van der Waals surface area contributed by atoms with Gasteiger partial charge in [0, 0.05) is 12.1 Å². The minimum atomic E-state index is 0.676. The first-order valence-electron chi connectivity index (χ1n) is 5.19. The van der Waals surface area contributed by atoms with Gasteiger partial charge in [-0.25, -0.2) is 0 Å². The molecule has 0 saturated carbocycles. The molecular weight excluding hydrogens is 148 g/mol. The highest BCUT2D eigenvalue weighted by atomic mass is 15.2. The quantitative estimate of drug-likeness (QED) is 0.690. The topological polar surface area (TPSA) is 15.3 Å². The highest BCUT2D eigenvalue weighted by Crippen LogP contribution is 2.14. The molecule has 2 unspecified atom stereocenters. The molecule has 72 valence electrons. The standard InChI is InChI=1S/C10H22N2/c1-4-8-12(3)10-6-5-7-11-9(10)2/h9-11H,4-8H2,1-3H3. The molecule has 1 rings (SSSR count). The van der Waals surface area contributed by atoms with Crippen LogP contribution in [-0.2, 0) is 0 Å². The number of nitrogens with one attached hydrogen (secondary N) is 1. The van der Waals surface area contributed by atoms with Gasteiger partial charge in [0.25, 0.3) is 0 Å². The molecule has 1 N–H and O–H groups in total. The largest absolute Gasteiger partial charge is 0.313 e. The van der Waals surface area contributed by atoms with E-state index < -0.39 is 0 Å². The minimum Gasteiger partial charge on any atom is -0.313 e. The van der Waals surface area contributed by atoms with Crippen LogP contribution in [0.4, 0.5) is 0 Å². The molecule has 2 heteroatoms. The van der Waals surface area contributed by atoms with E-state index in [1.807, 2.05) is 0 Å². The number of nitrogens with zero attached hydrogens (tertiary/aromatic N) is 1. The maximum atomic E-state index is 3.53. The van der Waals surface area contributed by atoms with E-state index in [-0.39, 0.29) is 0 Å². The van der Waals surface area contributed by atoms with Gasteiger partial charge in [-0.3, -0.25) is 0 Å². The van der Waals surface area contributed by atoms with E-state index in [9.17, 15) is 0 Å². The summed E-state index contributed by atoms with van der Waals surface area (Å²) < 4.78 is 0. The maximum absolute atomic E-state index is 3.53. The molecule has 0 aromatic carbocycles. The van der Waals surface area contributed by atoms with Crippen LogP contribution < -0.4 is 5.32 Å². The second-order valence-corrected chi connectivity index (χ2v) is 3.93. The van der Waals surface area contributed by atoms with Crippen molar-refractivity contribution >= 4 is 0 Å². The number of likely N-dealkylation sites (N-methyl/N-ethyl adjacent to an activating group) is 1. The van der Waals surface area contributed by atoms with Gasteiger partial charge in [-0.05, 0) is 46.3 Å². The number of hydrogen-bond donors (Lipinski definition) is 1. The molecule has 0 aliphatic carbocycles. The summed E-state index contributed by atoms with van der Waals surface area (Å²) in [5.41, 5.74) is 0. The molecular formula is C10H22N2. The zero-order valence-electron chi connectivity index (χ0n) is 8.64. The summed E-state index contributed by atoms with van der Waals surface area (Å²) >= 11 is 0. The summed E-state index contributed by atoms with van der Waals surface area (Å²) in [5, 5.41) is 3.53. The lowest BCUT2D eigenvalue weighted by Gasteiger charge is -2.36. The summed E-state index contributed by atoms with van der Waals surface area (Å²) in [6, 6.07) is 1.44. The molecule has 0 aromatic heterocycles. The second-order valence-electron chi connectivity index (χ2n) is 3.93. The second kappa shape index (κ2) is 4.83. The van der Waals surface area contributed by atoms with E-state index in [2.05, 4.69) is 31.1 Å². The number of hydrogen-bond acceptors (Lipinski definition) is 2. The Labute approximate surface area is 76.3 Å². The van der Waals surface area contributed by atoms with Gasteiger partial charge >= 0.3 is 0 Å². The molecule has 0 amide bonds. The Balaban J connectivity index is 2.36. The SMILES string of the molecule is CCCN(C)C1CCCNC1C. The van der Waals surface area contributed by atoms with Gasteiger partial charge in [0.2, 0.25) is 0 Å². The van der Waals surface area contributed by atoms with Crippen LogP contribution in [-0.4, -0.2) is 37.1 Å². The van der Waals surface area contributed by atoms with Crippen molar-refractivity contribution in [1.29, 1.82) is 0 Å². The van der Waals surface area contributed by atoms with Crippen molar-refractivity contribution in [3.8, 4) is 0 Å². The van der Waals surface area contributed by atoms with Crippen LogP contribution in [0.2, 0.25) is 0 Å². The first-order chi connectivity index (χ1) is 5.75. The Kier molecular flexibility index (Phi) is 4.02. The number of piperidine rings is 1. The lowest BCUT2D eigenvalue weighted by Crippen LogP contribution is -2.50. The third-order valence-electron chi connectivity index (χ3n) is 2.86.